The van der Waals surface area contributed by atoms with Gasteiger partial charge in [-0.15, -0.1) is 0 Å². The minimum absolute atomic E-state index is 0.491. The Balaban J connectivity index is 1.59. The fraction of sp³-hybridized carbons (Fsp3) is 0.923. The molecule has 3 heteroatoms. The smallest absolute Gasteiger partial charge is 0.220 e. The molecule has 3 aliphatic rings. The van der Waals surface area contributed by atoms with E-state index in [1.165, 1.54) is 38.5 Å². The number of hydrogen-bond acceptors (Lipinski definition) is 3. The van der Waals surface area contributed by atoms with Crippen molar-refractivity contribution in [2.45, 2.75) is 56.8 Å². The predicted octanol–water partition coefficient (Wildman–Crippen LogP) is 4.01. The molecule has 3 fully saturated rings. The fourth-order valence-electron chi connectivity index (χ4n) is 3.94. The summed E-state index contributed by atoms with van der Waals surface area (Å²) in [6, 6.07) is 0. The van der Waals surface area contributed by atoms with Gasteiger partial charge in [-0.2, -0.15) is 0 Å². The van der Waals surface area contributed by atoms with Gasteiger partial charge in [0, 0.05) is 0 Å². The van der Waals surface area contributed by atoms with Crippen LogP contribution in [0.15, 0.2) is 0 Å². The van der Waals surface area contributed by atoms with Crippen LogP contribution in [0.3, 0.4) is 0 Å². The zero-order valence-electron chi connectivity index (χ0n) is 9.85. The van der Waals surface area contributed by atoms with Crippen LogP contribution in [0.25, 0.3) is 0 Å². The van der Waals surface area contributed by atoms with Crippen molar-refractivity contribution in [2.75, 3.05) is 0 Å². The normalized spacial score (nSPS) is 44.8. The molecule has 1 heterocycles. The van der Waals surface area contributed by atoms with Gasteiger partial charge in [0.2, 0.25) is 4.38 Å². The molecule has 0 spiro atoms. The molecular weight excluding hydrogens is 236 g/mol. The molecule has 90 valence electrons. The van der Waals surface area contributed by atoms with Crippen LogP contribution in [0.5, 0.6) is 0 Å². The Kier molecular flexibility index (Phi) is 3.18. The van der Waals surface area contributed by atoms with Crippen molar-refractivity contribution in [3.8, 4) is 0 Å². The molecule has 16 heavy (non-hydrogen) atoms. The summed E-state index contributed by atoms with van der Waals surface area (Å²) >= 11 is 7.04. The molecule has 0 aromatic carbocycles. The monoisotopic (exact) mass is 256 g/mol. The second kappa shape index (κ2) is 4.49. The van der Waals surface area contributed by atoms with Crippen LogP contribution in [0.1, 0.15) is 45.4 Å². The van der Waals surface area contributed by atoms with Crippen LogP contribution >= 0.6 is 24.0 Å². The number of thioether (sulfide) groups is 1. The van der Waals surface area contributed by atoms with Crippen LogP contribution < -0.4 is 0 Å². The predicted molar refractivity (Wildman–Crippen MR) is 72.7 cm³/mol. The molecule has 5 atom stereocenters. The third-order valence-electron chi connectivity index (χ3n) is 4.64. The van der Waals surface area contributed by atoms with Gasteiger partial charge in [-0.1, -0.05) is 44.4 Å². The summed E-state index contributed by atoms with van der Waals surface area (Å²) in [6.07, 6.45) is 8.95. The summed E-state index contributed by atoms with van der Waals surface area (Å²) in [5, 5.41) is 0.720. The highest BCUT2D eigenvalue weighted by molar-refractivity contribution is 8.23. The first-order chi connectivity index (χ1) is 7.79. The molecule has 0 aromatic rings. The van der Waals surface area contributed by atoms with Gasteiger partial charge >= 0.3 is 0 Å². The quantitative estimate of drug-likeness (QED) is 0.555. The first-order valence-corrected chi connectivity index (χ1v) is 7.95. The highest BCUT2D eigenvalue weighted by atomic mass is 32.2. The summed E-state index contributed by atoms with van der Waals surface area (Å²) in [7, 11) is 0. The Labute approximate surface area is 108 Å². The van der Waals surface area contributed by atoms with E-state index in [9.17, 15) is 0 Å². The Morgan fingerprint density at radius 2 is 2.25 bits per heavy atom. The number of fused-ring (bicyclic) bond motifs is 5. The van der Waals surface area contributed by atoms with Gasteiger partial charge in [0.1, 0.15) is 6.10 Å². The first-order valence-electron chi connectivity index (χ1n) is 6.67. The molecule has 1 nitrogen and oxygen atoms in total. The van der Waals surface area contributed by atoms with E-state index >= 15 is 0 Å². The second-order valence-electron chi connectivity index (χ2n) is 5.57. The summed E-state index contributed by atoms with van der Waals surface area (Å²) < 4.78 is 6.61. The maximum absolute atomic E-state index is 5.79. The average Bonchev–Trinajstić information content (AvgIpc) is 2.88. The van der Waals surface area contributed by atoms with Gasteiger partial charge in [0.25, 0.3) is 0 Å². The molecule has 0 radical (unpaired) electrons. The van der Waals surface area contributed by atoms with E-state index in [-0.39, 0.29) is 0 Å². The first kappa shape index (κ1) is 11.3. The highest BCUT2D eigenvalue weighted by Crippen LogP contribution is 2.58. The van der Waals surface area contributed by atoms with Crippen LogP contribution in [0, 0.1) is 17.8 Å². The van der Waals surface area contributed by atoms with Gasteiger partial charge < -0.3 is 4.74 Å². The van der Waals surface area contributed by atoms with E-state index in [1.54, 1.807) is 0 Å². The maximum atomic E-state index is 5.79. The number of thiocarbonyl (C=S) groups is 1. The molecule has 5 unspecified atom stereocenters. The van der Waals surface area contributed by atoms with Crippen LogP contribution in [-0.2, 0) is 4.74 Å². The number of ether oxygens (including phenoxy) is 1. The molecule has 2 saturated carbocycles. The summed E-state index contributed by atoms with van der Waals surface area (Å²) in [5.74, 6) is 2.72. The van der Waals surface area contributed by atoms with Gasteiger partial charge in [-0.05, 0) is 42.8 Å². The molecule has 3 rings (SSSR count). The average molecular weight is 256 g/mol. The molecule has 2 bridgehead atoms. The van der Waals surface area contributed by atoms with Crippen molar-refractivity contribution in [3.05, 3.63) is 0 Å². The van der Waals surface area contributed by atoms with E-state index < -0.39 is 0 Å². The van der Waals surface area contributed by atoms with Crippen LogP contribution in [-0.4, -0.2) is 15.7 Å². The third-order valence-corrected chi connectivity index (χ3v) is 6.20. The number of hydrogen-bond donors (Lipinski definition) is 0. The lowest BCUT2D eigenvalue weighted by Gasteiger charge is -2.29. The van der Waals surface area contributed by atoms with E-state index in [4.69, 9.17) is 17.0 Å². The van der Waals surface area contributed by atoms with E-state index in [2.05, 4.69) is 6.92 Å². The van der Waals surface area contributed by atoms with Gasteiger partial charge in [0.15, 0.2) is 0 Å². The minimum Gasteiger partial charge on any atom is -0.474 e. The maximum Gasteiger partial charge on any atom is 0.220 e. The van der Waals surface area contributed by atoms with Crippen molar-refractivity contribution in [1.82, 2.24) is 0 Å². The zero-order valence-corrected chi connectivity index (χ0v) is 11.5. The lowest BCUT2D eigenvalue weighted by Crippen LogP contribution is -2.32. The molecule has 1 saturated heterocycles. The molecule has 0 amide bonds. The van der Waals surface area contributed by atoms with Crippen molar-refractivity contribution >= 4 is 28.4 Å². The summed E-state index contributed by atoms with van der Waals surface area (Å²) in [5.41, 5.74) is 0. The van der Waals surface area contributed by atoms with Gasteiger partial charge in [0.05, 0.1) is 5.25 Å². The Bertz CT molecular complexity index is 292. The summed E-state index contributed by atoms with van der Waals surface area (Å²) in [4.78, 5) is 0. The highest BCUT2D eigenvalue weighted by Gasteiger charge is 2.57. The van der Waals surface area contributed by atoms with Crippen molar-refractivity contribution in [3.63, 3.8) is 0 Å². The lowest BCUT2D eigenvalue weighted by atomic mass is 9.83. The Morgan fingerprint density at radius 3 is 3.06 bits per heavy atom. The number of unbranched alkanes of at least 4 members (excludes halogenated alkanes) is 2. The van der Waals surface area contributed by atoms with Gasteiger partial charge in [-0.3, -0.25) is 0 Å². The Hall–Kier alpha value is 0.240. The van der Waals surface area contributed by atoms with Crippen LogP contribution in [0.4, 0.5) is 0 Å². The molecule has 2 aliphatic carbocycles. The van der Waals surface area contributed by atoms with E-state index in [0.29, 0.717) is 6.10 Å². The van der Waals surface area contributed by atoms with Crippen LogP contribution in [0.2, 0.25) is 0 Å². The molecule has 0 N–H and O–H groups in total. The SMILES string of the molecule is CCCCCC1CC2CC1C1SC(=S)OC21. The fourth-order valence-corrected chi connectivity index (χ4v) is 5.69. The third kappa shape index (κ3) is 1.80. The van der Waals surface area contributed by atoms with Crippen molar-refractivity contribution in [1.29, 1.82) is 0 Å². The number of rotatable bonds is 4. The lowest BCUT2D eigenvalue weighted by molar-refractivity contribution is 0.128. The molecule has 0 aromatic heterocycles. The second-order valence-corrected chi connectivity index (χ2v) is 7.35. The molecule has 1 aliphatic heterocycles. The Morgan fingerprint density at radius 1 is 1.38 bits per heavy atom. The minimum atomic E-state index is 0.491. The van der Waals surface area contributed by atoms with Crippen molar-refractivity contribution in [2.24, 2.45) is 17.8 Å². The van der Waals surface area contributed by atoms with E-state index in [0.717, 1.165) is 27.4 Å². The zero-order chi connectivity index (χ0) is 11.1. The van der Waals surface area contributed by atoms with Gasteiger partial charge in [-0.25, -0.2) is 0 Å². The standard InChI is InChI=1S/C13H20OS2/c1-2-3-4-5-8-6-9-7-10(8)12-11(9)14-13(15)16-12/h8-12H,2-7H2,1H3. The topological polar surface area (TPSA) is 9.23 Å². The van der Waals surface area contributed by atoms with E-state index in [1.807, 2.05) is 11.8 Å². The van der Waals surface area contributed by atoms with Crippen molar-refractivity contribution < 1.29 is 4.74 Å². The summed E-state index contributed by atoms with van der Waals surface area (Å²) in [6.45, 7) is 2.29. The largest absolute Gasteiger partial charge is 0.474 e. The molecular formula is C13H20OS2.